The molecule has 0 aromatic heterocycles. The van der Waals surface area contributed by atoms with Crippen LogP contribution in [0.15, 0.2) is 18.2 Å². The fraction of sp³-hybridized carbons (Fsp3) is 0.720. The fourth-order valence-electron chi connectivity index (χ4n) is 5.12. The van der Waals surface area contributed by atoms with E-state index in [0.717, 1.165) is 77.3 Å². The van der Waals surface area contributed by atoms with Crippen molar-refractivity contribution in [2.45, 2.75) is 64.1 Å². The molecule has 1 aromatic rings. The van der Waals surface area contributed by atoms with Gasteiger partial charge in [-0.2, -0.15) is 13.2 Å². The maximum absolute atomic E-state index is 13.2. The maximum atomic E-state index is 13.2. The Balaban J connectivity index is 1.36. The second kappa shape index (κ2) is 12.1. The third kappa shape index (κ3) is 7.60. The summed E-state index contributed by atoms with van der Waals surface area (Å²) in [5, 5.41) is 3.16. The van der Waals surface area contributed by atoms with Crippen LogP contribution in [0.3, 0.4) is 0 Å². The van der Waals surface area contributed by atoms with Crippen molar-refractivity contribution in [2.75, 3.05) is 51.3 Å². The van der Waals surface area contributed by atoms with Crippen LogP contribution in [0.5, 0.6) is 0 Å². The van der Waals surface area contributed by atoms with Gasteiger partial charge in [0, 0.05) is 58.0 Å². The van der Waals surface area contributed by atoms with Crippen molar-refractivity contribution >= 4 is 11.6 Å². The lowest BCUT2D eigenvalue weighted by molar-refractivity contribution is -0.138. The molecular weight excluding hydrogens is 431 g/mol. The number of amides is 1. The number of nitrogens with zero attached hydrogens (tertiary/aromatic N) is 2. The predicted octanol–water partition coefficient (Wildman–Crippen LogP) is 4.63. The van der Waals surface area contributed by atoms with Crippen molar-refractivity contribution in [3.8, 4) is 0 Å². The van der Waals surface area contributed by atoms with Gasteiger partial charge in [0.2, 0.25) is 5.91 Å². The van der Waals surface area contributed by atoms with Crippen LogP contribution in [-0.4, -0.2) is 63.3 Å². The smallest absolute Gasteiger partial charge is 0.385 e. The van der Waals surface area contributed by atoms with Gasteiger partial charge in [0.05, 0.1) is 5.56 Å². The van der Waals surface area contributed by atoms with Gasteiger partial charge in [-0.3, -0.25) is 9.69 Å². The minimum atomic E-state index is -4.31. The summed E-state index contributed by atoms with van der Waals surface area (Å²) in [6, 6.07) is 4.78. The van der Waals surface area contributed by atoms with Crippen LogP contribution >= 0.6 is 0 Å². The molecule has 1 saturated carbocycles. The summed E-state index contributed by atoms with van der Waals surface area (Å²) in [6.07, 6.45) is 2.51. The van der Waals surface area contributed by atoms with E-state index in [1.165, 1.54) is 6.07 Å². The van der Waals surface area contributed by atoms with Crippen LogP contribution < -0.4 is 10.2 Å². The Morgan fingerprint density at radius 2 is 1.82 bits per heavy atom. The number of alkyl halides is 3. The zero-order valence-electron chi connectivity index (χ0n) is 19.9. The molecule has 1 amide bonds. The standard InChI is InChI=1S/C25H38F3N3O2/c1-19-22(25(26,27)28)5-3-6-23(19)31-16-14-30(15-17-31)13-12-20-8-10-21(11-9-20)29-24(32)7-4-18-33-2/h3,5-6,20-21H,4,7-18H2,1-2H3,(H,29,32). The number of hydrogen-bond donors (Lipinski definition) is 1. The molecule has 3 rings (SSSR count). The van der Waals surface area contributed by atoms with Crippen LogP contribution in [0.1, 0.15) is 56.1 Å². The number of halogens is 3. The first-order chi connectivity index (χ1) is 15.8. The van der Waals surface area contributed by atoms with Crippen molar-refractivity contribution in [1.29, 1.82) is 0 Å². The Bertz CT molecular complexity index is 756. The van der Waals surface area contributed by atoms with E-state index in [0.29, 0.717) is 36.2 Å². The molecular formula is C25H38F3N3O2. The van der Waals surface area contributed by atoms with Crippen molar-refractivity contribution in [1.82, 2.24) is 10.2 Å². The molecule has 1 aromatic carbocycles. The van der Waals surface area contributed by atoms with Crippen molar-refractivity contribution in [3.05, 3.63) is 29.3 Å². The largest absolute Gasteiger partial charge is 0.416 e. The zero-order chi connectivity index (χ0) is 23.8. The Kier molecular flexibility index (Phi) is 9.44. The van der Waals surface area contributed by atoms with Crippen LogP contribution in [-0.2, 0) is 15.7 Å². The Hall–Kier alpha value is -1.80. The van der Waals surface area contributed by atoms with Gasteiger partial charge in [0.1, 0.15) is 0 Å². The molecule has 0 radical (unpaired) electrons. The minimum absolute atomic E-state index is 0.129. The third-order valence-corrected chi connectivity index (χ3v) is 7.14. The van der Waals surface area contributed by atoms with Gasteiger partial charge in [-0.15, -0.1) is 0 Å². The molecule has 1 aliphatic heterocycles. The van der Waals surface area contributed by atoms with Crippen LogP contribution in [0.4, 0.5) is 18.9 Å². The topological polar surface area (TPSA) is 44.8 Å². The maximum Gasteiger partial charge on any atom is 0.416 e. The molecule has 33 heavy (non-hydrogen) atoms. The lowest BCUT2D eigenvalue weighted by Crippen LogP contribution is -2.47. The van der Waals surface area contributed by atoms with E-state index in [1.807, 2.05) is 0 Å². The highest BCUT2D eigenvalue weighted by molar-refractivity contribution is 5.76. The monoisotopic (exact) mass is 469 g/mol. The summed E-state index contributed by atoms with van der Waals surface area (Å²) >= 11 is 0. The molecule has 5 nitrogen and oxygen atoms in total. The molecule has 1 heterocycles. The molecule has 0 spiro atoms. The van der Waals surface area contributed by atoms with Crippen LogP contribution in [0.25, 0.3) is 0 Å². The van der Waals surface area contributed by atoms with Gasteiger partial charge in [0.25, 0.3) is 0 Å². The highest BCUT2D eigenvalue weighted by Gasteiger charge is 2.34. The number of benzene rings is 1. The molecule has 0 atom stereocenters. The highest BCUT2D eigenvalue weighted by Crippen LogP contribution is 2.36. The molecule has 1 N–H and O–H groups in total. The first-order valence-electron chi connectivity index (χ1n) is 12.2. The van der Waals surface area contributed by atoms with E-state index < -0.39 is 11.7 Å². The lowest BCUT2D eigenvalue weighted by Gasteiger charge is -2.38. The Morgan fingerprint density at radius 1 is 1.12 bits per heavy atom. The van der Waals surface area contributed by atoms with Gasteiger partial charge >= 0.3 is 6.18 Å². The van der Waals surface area contributed by atoms with E-state index in [2.05, 4.69) is 15.1 Å². The molecule has 2 fully saturated rings. The first kappa shape index (κ1) is 25.8. The average molecular weight is 470 g/mol. The van der Waals surface area contributed by atoms with Gasteiger partial charge in [-0.05, 0) is 75.6 Å². The first-order valence-corrected chi connectivity index (χ1v) is 12.2. The Labute approximate surface area is 195 Å². The fourth-order valence-corrected chi connectivity index (χ4v) is 5.12. The van der Waals surface area contributed by atoms with E-state index in [1.54, 1.807) is 20.1 Å². The van der Waals surface area contributed by atoms with Gasteiger partial charge in [-0.25, -0.2) is 0 Å². The second-order valence-corrected chi connectivity index (χ2v) is 9.45. The quantitative estimate of drug-likeness (QED) is 0.536. The van der Waals surface area contributed by atoms with Crippen LogP contribution in [0, 0.1) is 12.8 Å². The van der Waals surface area contributed by atoms with E-state index in [-0.39, 0.29) is 5.91 Å². The zero-order valence-corrected chi connectivity index (χ0v) is 19.9. The summed E-state index contributed by atoms with van der Waals surface area (Å²) in [7, 11) is 1.65. The average Bonchev–Trinajstić information content (AvgIpc) is 2.79. The number of methoxy groups -OCH3 is 1. The lowest BCUT2D eigenvalue weighted by atomic mass is 9.84. The molecule has 8 heteroatoms. The van der Waals surface area contributed by atoms with Gasteiger partial charge in [0.15, 0.2) is 0 Å². The molecule has 186 valence electrons. The normalized spacial score (nSPS) is 22.4. The number of hydrogen-bond acceptors (Lipinski definition) is 4. The number of anilines is 1. The summed E-state index contributed by atoms with van der Waals surface area (Å²) in [5.41, 5.74) is 0.484. The molecule has 0 bridgehead atoms. The highest BCUT2D eigenvalue weighted by atomic mass is 19.4. The number of ether oxygens (including phenoxy) is 1. The van der Waals surface area contributed by atoms with Crippen LogP contribution in [0.2, 0.25) is 0 Å². The number of nitrogens with one attached hydrogen (secondary N) is 1. The SMILES string of the molecule is COCCCC(=O)NC1CCC(CCN2CCN(c3cccc(C(F)(F)F)c3C)CC2)CC1. The van der Waals surface area contributed by atoms with Crippen molar-refractivity contribution in [2.24, 2.45) is 5.92 Å². The Morgan fingerprint density at radius 3 is 2.45 bits per heavy atom. The minimum Gasteiger partial charge on any atom is -0.385 e. The third-order valence-electron chi connectivity index (χ3n) is 7.14. The molecule has 0 unspecified atom stereocenters. The summed E-state index contributed by atoms with van der Waals surface area (Å²) in [5.74, 6) is 0.819. The van der Waals surface area contributed by atoms with E-state index in [9.17, 15) is 18.0 Å². The predicted molar refractivity (Wildman–Crippen MR) is 124 cm³/mol. The molecule has 1 aliphatic carbocycles. The number of piperazine rings is 1. The van der Waals surface area contributed by atoms with Crippen molar-refractivity contribution < 1.29 is 22.7 Å². The second-order valence-electron chi connectivity index (χ2n) is 9.45. The van der Waals surface area contributed by atoms with E-state index in [4.69, 9.17) is 4.74 Å². The van der Waals surface area contributed by atoms with Gasteiger partial charge in [-0.1, -0.05) is 6.07 Å². The summed E-state index contributed by atoms with van der Waals surface area (Å²) < 4.78 is 44.7. The summed E-state index contributed by atoms with van der Waals surface area (Å²) in [4.78, 5) is 16.5. The summed E-state index contributed by atoms with van der Waals surface area (Å²) in [6.45, 7) is 6.49. The molecule has 2 aliphatic rings. The number of rotatable bonds is 9. The van der Waals surface area contributed by atoms with E-state index >= 15 is 0 Å². The van der Waals surface area contributed by atoms with Gasteiger partial charge < -0.3 is 15.0 Å². The molecule has 1 saturated heterocycles. The van der Waals surface area contributed by atoms with Crippen molar-refractivity contribution in [3.63, 3.8) is 0 Å². The number of carbonyl (C=O) groups is 1. The number of carbonyl (C=O) groups excluding carboxylic acids is 1.